The van der Waals surface area contributed by atoms with Crippen LogP contribution in [0.25, 0.3) is 10.9 Å². The van der Waals surface area contributed by atoms with Gasteiger partial charge < -0.3 is 4.74 Å². The Hall–Kier alpha value is -0.940. The van der Waals surface area contributed by atoms with Gasteiger partial charge in [-0.05, 0) is 34.5 Å². The van der Waals surface area contributed by atoms with E-state index in [-0.39, 0.29) is 11.9 Å². The predicted molar refractivity (Wildman–Crippen MR) is 61.9 cm³/mol. The standard InChI is InChI=1S/C11H10BrFN2O/c12-9-1-2-10-8(11(9)13)5-14-15(10)7-3-4-16-6-7/h1-2,5,7H,3-4,6H2. The Morgan fingerprint density at radius 2 is 2.38 bits per heavy atom. The molecule has 0 bridgehead atoms. The molecule has 0 N–H and O–H groups in total. The van der Waals surface area contributed by atoms with Crippen molar-refractivity contribution in [3.8, 4) is 0 Å². The summed E-state index contributed by atoms with van der Waals surface area (Å²) in [6, 6.07) is 3.83. The Bertz CT molecular complexity index is 534. The number of ether oxygens (including phenoxy) is 1. The zero-order valence-corrected chi connectivity index (χ0v) is 10.1. The summed E-state index contributed by atoms with van der Waals surface area (Å²) >= 11 is 3.17. The van der Waals surface area contributed by atoms with Crippen LogP contribution in [-0.4, -0.2) is 23.0 Å². The summed E-state index contributed by atoms with van der Waals surface area (Å²) in [5, 5.41) is 4.81. The van der Waals surface area contributed by atoms with Crippen LogP contribution < -0.4 is 0 Å². The first-order chi connectivity index (χ1) is 7.77. The fourth-order valence-corrected chi connectivity index (χ4v) is 2.41. The zero-order chi connectivity index (χ0) is 11.1. The molecule has 0 radical (unpaired) electrons. The van der Waals surface area contributed by atoms with E-state index >= 15 is 0 Å². The lowest BCUT2D eigenvalue weighted by Crippen LogP contribution is -2.09. The Balaban J connectivity index is 2.16. The molecular formula is C11H10BrFN2O. The van der Waals surface area contributed by atoms with Crippen LogP contribution in [0, 0.1) is 5.82 Å². The number of nitrogens with zero attached hydrogens (tertiary/aromatic N) is 2. The molecule has 1 atom stereocenters. The SMILES string of the molecule is Fc1c(Br)ccc2c1cnn2C1CCOC1. The number of benzene rings is 1. The summed E-state index contributed by atoms with van der Waals surface area (Å²) < 4.78 is 21.4. The van der Waals surface area contributed by atoms with Gasteiger partial charge in [-0.25, -0.2) is 4.39 Å². The van der Waals surface area contributed by atoms with E-state index < -0.39 is 0 Å². The van der Waals surface area contributed by atoms with Crippen LogP contribution in [0.5, 0.6) is 0 Å². The summed E-state index contributed by atoms with van der Waals surface area (Å²) in [4.78, 5) is 0. The van der Waals surface area contributed by atoms with Crippen molar-refractivity contribution in [3.05, 3.63) is 28.6 Å². The highest BCUT2D eigenvalue weighted by Crippen LogP contribution is 2.28. The highest BCUT2D eigenvalue weighted by molar-refractivity contribution is 9.10. The van der Waals surface area contributed by atoms with Gasteiger partial charge in [-0.2, -0.15) is 5.10 Å². The van der Waals surface area contributed by atoms with E-state index in [9.17, 15) is 4.39 Å². The van der Waals surface area contributed by atoms with Gasteiger partial charge in [0.2, 0.25) is 0 Å². The monoisotopic (exact) mass is 284 g/mol. The summed E-state index contributed by atoms with van der Waals surface area (Å²) in [6.45, 7) is 1.42. The Kier molecular flexibility index (Phi) is 2.44. The maximum atomic E-state index is 13.8. The molecule has 1 unspecified atom stereocenters. The first-order valence-corrected chi connectivity index (χ1v) is 5.95. The van der Waals surface area contributed by atoms with E-state index in [0.29, 0.717) is 16.5 Å². The summed E-state index contributed by atoms with van der Waals surface area (Å²) in [5.41, 5.74) is 0.830. The molecule has 84 valence electrons. The van der Waals surface area contributed by atoms with Crippen molar-refractivity contribution in [3.63, 3.8) is 0 Å². The maximum Gasteiger partial charge on any atom is 0.148 e. The van der Waals surface area contributed by atoms with Gasteiger partial charge in [-0.1, -0.05) is 0 Å². The van der Waals surface area contributed by atoms with Crippen LogP contribution in [0.2, 0.25) is 0 Å². The van der Waals surface area contributed by atoms with Crippen molar-refractivity contribution < 1.29 is 9.13 Å². The van der Waals surface area contributed by atoms with Crippen molar-refractivity contribution in [2.24, 2.45) is 0 Å². The van der Waals surface area contributed by atoms with Gasteiger partial charge in [0.25, 0.3) is 0 Å². The van der Waals surface area contributed by atoms with E-state index in [4.69, 9.17) is 4.74 Å². The molecule has 0 amide bonds. The molecule has 3 rings (SSSR count). The van der Waals surface area contributed by atoms with Gasteiger partial charge in [-0.3, -0.25) is 4.68 Å². The first kappa shape index (κ1) is 10.2. The highest BCUT2D eigenvalue weighted by atomic mass is 79.9. The third-order valence-corrected chi connectivity index (χ3v) is 3.53. The van der Waals surface area contributed by atoms with Gasteiger partial charge in [0.1, 0.15) is 5.82 Å². The lowest BCUT2D eigenvalue weighted by Gasteiger charge is -2.09. The third kappa shape index (κ3) is 1.46. The number of aromatic nitrogens is 2. The molecule has 1 aliphatic rings. The number of hydrogen-bond donors (Lipinski definition) is 0. The van der Waals surface area contributed by atoms with Crippen molar-refractivity contribution in [1.29, 1.82) is 0 Å². The number of rotatable bonds is 1. The minimum absolute atomic E-state index is 0.234. The van der Waals surface area contributed by atoms with Crippen molar-refractivity contribution >= 4 is 26.8 Å². The molecule has 3 nitrogen and oxygen atoms in total. The second-order valence-corrected chi connectivity index (χ2v) is 4.76. The first-order valence-electron chi connectivity index (χ1n) is 5.16. The molecule has 1 aromatic carbocycles. The van der Waals surface area contributed by atoms with E-state index in [1.54, 1.807) is 12.3 Å². The molecule has 1 saturated heterocycles. The number of hydrogen-bond acceptors (Lipinski definition) is 2. The molecule has 2 aromatic rings. The van der Waals surface area contributed by atoms with Gasteiger partial charge >= 0.3 is 0 Å². The normalized spacial score (nSPS) is 20.8. The molecule has 1 aromatic heterocycles. The van der Waals surface area contributed by atoms with Crippen LogP contribution in [0.3, 0.4) is 0 Å². The third-order valence-electron chi connectivity index (χ3n) is 2.92. The maximum absolute atomic E-state index is 13.8. The van der Waals surface area contributed by atoms with E-state index in [0.717, 1.165) is 18.5 Å². The van der Waals surface area contributed by atoms with Crippen molar-refractivity contribution in [2.45, 2.75) is 12.5 Å². The van der Waals surface area contributed by atoms with Crippen molar-refractivity contribution in [2.75, 3.05) is 13.2 Å². The number of fused-ring (bicyclic) bond motifs is 1. The van der Waals surface area contributed by atoms with Crippen LogP contribution >= 0.6 is 15.9 Å². The lowest BCUT2D eigenvalue weighted by atomic mass is 10.2. The largest absolute Gasteiger partial charge is 0.379 e. The second kappa shape index (κ2) is 3.82. The van der Waals surface area contributed by atoms with Crippen LogP contribution in [0.1, 0.15) is 12.5 Å². The number of halogens is 2. The molecule has 1 aliphatic heterocycles. The van der Waals surface area contributed by atoms with Crippen LogP contribution in [-0.2, 0) is 4.74 Å². The summed E-state index contributed by atoms with van der Waals surface area (Å²) in [7, 11) is 0. The predicted octanol–water partition coefficient (Wildman–Crippen LogP) is 2.90. The minimum Gasteiger partial charge on any atom is -0.379 e. The minimum atomic E-state index is -0.248. The second-order valence-electron chi connectivity index (χ2n) is 3.90. The van der Waals surface area contributed by atoms with Gasteiger partial charge in [0, 0.05) is 6.61 Å². The molecule has 0 aliphatic carbocycles. The van der Waals surface area contributed by atoms with E-state index in [1.165, 1.54) is 0 Å². The Morgan fingerprint density at radius 1 is 1.50 bits per heavy atom. The molecule has 0 saturated carbocycles. The molecule has 16 heavy (non-hydrogen) atoms. The van der Waals surface area contributed by atoms with Gasteiger partial charge in [0.05, 0.1) is 34.2 Å². The fraction of sp³-hybridized carbons (Fsp3) is 0.364. The Morgan fingerprint density at radius 3 is 3.12 bits per heavy atom. The molecular weight excluding hydrogens is 275 g/mol. The topological polar surface area (TPSA) is 27.1 Å². The average molecular weight is 285 g/mol. The lowest BCUT2D eigenvalue weighted by molar-refractivity contribution is 0.185. The van der Waals surface area contributed by atoms with Crippen LogP contribution in [0.15, 0.2) is 22.8 Å². The molecule has 5 heteroatoms. The van der Waals surface area contributed by atoms with E-state index in [1.807, 2.05) is 10.7 Å². The average Bonchev–Trinajstić information content (AvgIpc) is 2.91. The summed E-state index contributed by atoms with van der Waals surface area (Å²) in [6.07, 6.45) is 2.52. The van der Waals surface area contributed by atoms with E-state index in [2.05, 4.69) is 21.0 Å². The summed E-state index contributed by atoms with van der Waals surface area (Å²) in [5.74, 6) is -0.248. The molecule has 1 fully saturated rings. The Labute approximate surface area is 100 Å². The smallest absolute Gasteiger partial charge is 0.148 e. The zero-order valence-electron chi connectivity index (χ0n) is 8.49. The van der Waals surface area contributed by atoms with Gasteiger partial charge in [-0.15, -0.1) is 0 Å². The van der Waals surface area contributed by atoms with Gasteiger partial charge in [0.15, 0.2) is 0 Å². The fourth-order valence-electron chi connectivity index (χ4n) is 2.07. The highest BCUT2D eigenvalue weighted by Gasteiger charge is 2.21. The molecule has 0 spiro atoms. The van der Waals surface area contributed by atoms with Crippen LogP contribution in [0.4, 0.5) is 4.39 Å². The van der Waals surface area contributed by atoms with Crippen molar-refractivity contribution in [1.82, 2.24) is 9.78 Å². The molecule has 2 heterocycles. The quantitative estimate of drug-likeness (QED) is 0.805.